The molecule has 2 nitrogen and oxygen atoms in total. The maximum Gasteiger partial charge on any atom is 0.137 e. The van der Waals surface area contributed by atoms with E-state index >= 15 is 0 Å². The van der Waals surface area contributed by atoms with Crippen molar-refractivity contribution in [1.82, 2.24) is 0 Å². The van der Waals surface area contributed by atoms with Gasteiger partial charge in [0.1, 0.15) is 11.2 Å². The van der Waals surface area contributed by atoms with Crippen LogP contribution in [0.3, 0.4) is 0 Å². The number of furan rings is 1. The summed E-state index contributed by atoms with van der Waals surface area (Å²) >= 11 is 0. The van der Waals surface area contributed by atoms with Gasteiger partial charge >= 0.3 is 0 Å². The first-order valence-electron chi connectivity index (χ1n) is 18.5. The Hall–Kier alpha value is -4.82. The van der Waals surface area contributed by atoms with E-state index in [0.29, 0.717) is 5.92 Å². The van der Waals surface area contributed by atoms with Gasteiger partial charge in [0.2, 0.25) is 0 Å². The predicted octanol–water partition coefficient (Wildman–Crippen LogP) is 14.5. The molecule has 0 N–H and O–H groups in total. The number of benzene rings is 6. The summed E-state index contributed by atoms with van der Waals surface area (Å²) in [5.74, 6) is 0.602. The monoisotopic (exact) mass is 655 g/mol. The number of rotatable bonds is 5. The number of fused-ring (bicyclic) bond motifs is 4. The minimum atomic E-state index is -0.0194. The largest absolute Gasteiger partial charge is 0.456 e. The molecular weight excluding hydrogens is 607 g/mol. The molecule has 0 unspecified atom stereocenters. The van der Waals surface area contributed by atoms with Crippen LogP contribution in [0.1, 0.15) is 96.3 Å². The topological polar surface area (TPSA) is 16.4 Å². The summed E-state index contributed by atoms with van der Waals surface area (Å²) in [4.78, 5) is 2.48. The van der Waals surface area contributed by atoms with Crippen LogP contribution in [0.4, 0.5) is 17.1 Å². The molecule has 1 aliphatic rings. The van der Waals surface area contributed by atoms with E-state index in [1.54, 1.807) is 0 Å². The number of hydrogen-bond donors (Lipinski definition) is 0. The maximum absolute atomic E-state index is 6.50. The van der Waals surface area contributed by atoms with E-state index in [1.165, 1.54) is 76.4 Å². The molecule has 6 aromatic carbocycles. The van der Waals surface area contributed by atoms with E-state index in [4.69, 9.17) is 4.42 Å². The highest BCUT2D eigenvalue weighted by molar-refractivity contribution is 6.07. The summed E-state index contributed by atoms with van der Waals surface area (Å²) in [5, 5.41) is 5.01. The van der Waals surface area contributed by atoms with Crippen molar-refractivity contribution >= 4 is 49.8 Å². The molecule has 1 fully saturated rings. The zero-order valence-corrected chi connectivity index (χ0v) is 30.5. The van der Waals surface area contributed by atoms with Crippen LogP contribution in [0, 0.1) is 0 Å². The van der Waals surface area contributed by atoms with Crippen LogP contribution >= 0.6 is 0 Å². The summed E-state index contributed by atoms with van der Waals surface area (Å²) in [6.45, 7) is 13.9. The first kappa shape index (κ1) is 32.4. The molecule has 1 aliphatic carbocycles. The summed E-state index contributed by atoms with van der Waals surface area (Å²) in [6.07, 6.45) is 6.53. The number of para-hydroxylation sites is 2. The Balaban J connectivity index is 1.41. The second kappa shape index (κ2) is 12.5. The van der Waals surface area contributed by atoms with E-state index in [-0.39, 0.29) is 10.8 Å². The third-order valence-electron chi connectivity index (χ3n) is 10.9. The van der Waals surface area contributed by atoms with E-state index in [9.17, 15) is 0 Å². The average molecular weight is 656 g/mol. The molecule has 1 saturated carbocycles. The molecule has 0 saturated heterocycles. The van der Waals surface area contributed by atoms with Gasteiger partial charge in [0, 0.05) is 33.8 Å². The quantitative estimate of drug-likeness (QED) is 0.183. The van der Waals surface area contributed by atoms with Gasteiger partial charge in [-0.15, -0.1) is 0 Å². The highest BCUT2D eigenvalue weighted by Gasteiger charge is 2.26. The lowest BCUT2D eigenvalue weighted by molar-refractivity contribution is 0.445. The summed E-state index contributed by atoms with van der Waals surface area (Å²) in [7, 11) is 0. The minimum Gasteiger partial charge on any atom is -0.456 e. The Labute approximate surface area is 297 Å². The molecule has 0 radical (unpaired) electrons. The van der Waals surface area contributed by atoms with E-state index < -0.39 is 0 Å². The summed E-state index contributed by atoms with van der Waals surface area (Å²) in [5.41, 5.74) is 11.9. The van der Waals surface area contributed by atoms with Gasteiger partial charge in [-0.1, -0.05) is 140 Å². The molecule has 0 spiro atoms. The molecular formula is C48H49NO. The third kappa shape index (κ3) is 5.89. The lowest BCUT2D eigenvalue weighted by Crippen LogP contribution is -2.19. The maximum atomic E-state index is 6.50. The standard InChI is InChI=1S/C48H49NO/c1-47(2,3)34-28-35(48(4,5)6)30-37(29-34)49(36-26-27-41-40-21-11-13-25-44(40)50-45(41)31-36)43-24-12-10-20-39(43)42-23-15-19-33-18-14-22-38(46(33)42)32-16-8-7-9-17-32/h10-15,18-32H,7-9,16-17H2,1-6H3. The lowest BCUT2D eigenvalue weighted by Gasteiger charge is -2.32. The van der Waals surface area contributed by atoms with Crippen LogP contribution in [0.2, 0.25) is 0 Å². The SMILES string of the molecule is CC(C)(C)c1cc(N(c2ccc3c(c2)oc2ccccc23)c2ccccc2-c2cccc3cccc(C4CCCCC4)c23)cc(C(C)(C)C)c1. The highest BCUT2D eigenvalue weighted by Crippen LogP contribution is 2.47. The lowest BCUT2D eigenvalue weighted by atomic mass is 9.80. The molecule has 0 amide bonds. The second-order valence-electron chi connectivity index (χ2n) is 16.5. The van der Waals surface area contributed by atoms with Gasteiger partial charge in [0.25, 0.3) is 0 Å². The van der Waals surface area contributed by atoms with Crippen molar-refractivity contribution in [3.63, 3.8) is 0 Å². The normalized spacial score (nSPS) is 14.5. The smallest absolute Gasteiger partial charge is 0.137 e. The second-order valence-corrected chi connectivity index (χ2v) is 16.5. The van der Waals surface area contributed by atoms with Crippen LogP contribution < -0.4 is 4.90 Å². The zero-order valence-electron chi connectivity index (χ0n) is 30.5. The molecule has 0 bridgehead atoms. The molecule has 1 heterocycles. The molecule has 0 atom stereocenters. The van der Waals surface area contributed by atoms with Crippen LogP contribution in [-0.2, 0) is 10.8 Å². The molecule has 8 rings (SSSR count). The highest BCUT2D eigenvalue weighted by atomic mass is 16.3. The Kier molecular flexibility index (Phi) is 8.10. The first-order chi connectivity index (χ1) is 24.1. The summed E-state index contributed by atoms with van der Waals surface area (Å²) < 4.78 is 6.50. The minimum absolute atomic E-state index is 0.0194. The van der Waals surface area contributed by atoms with Crippen LogP contribution in [0.25, 0.3) is 43.8 Å². The van der Waals surface area contributed by atoms with Crippen LogP contribution in [0.5, 0.6) is 0 Å². The van der Waals surface area contributed by atoms with Crippen molar-refractivity contribution < 1.29 is 4.42 Å². The van der Waals surface area contributed by atoms with Crippen molar-refractivity contribution in [3.05, 3.63) is 138 Å². The van der Waals surface area contributed by atoms with Crippen molar-refractivity contribution in [1.29, 1.82) is 0 Å². The molecule has 50 heavy (non-hydrogen) atoms. The van der Waals surface area contributed by atoms with Gasteiger partial charge in [-0.3, -0.25) is 0 Å². The van der Waals surface area contributed by atoms with Gasteiger partial charge in [-0.2, -0.15) is 0 Å². The molecule has 7 aromatic rings. The van der Waals surface area contributed by atoms with Crippen molar-refractivity contribution in [2.24, 2.45) is 0 Å². The third-order valence-corrected chi connectivity index (χ3v) is 10.9. The van der Waals surface area contributed by atoms with Crippen molar-refractivity contribution in [3.8, 4) is 11.1 Å². The zero-order chi connectivity index (χ0) is 34.6. The predicted molar refractivity (Wildman–Crippen MR) is 215 cm³/mol. The molecule has 1 aromatic heterocycles. The molecule has 2 heteroatoms. The fourth-order valence-corrected chi connectivity index (χ4v) is 8.13. The van der Waals surface area contributed by atoms with Gasteiger partial charge in [0.15, 0.2) is 0 Å². The fraction of sp³-hybridized carbons (Fsp3) is 0.292. The van der Waals surface area contributed by atoms with Gasteiger partial charge in [0.05, 0.1) is 5.69 Å². The molecule has 252 valence electrons. The first-order valence-corrected chi connectivity index (χ1v) is 18.5. The van der Waals surface area contributed by atoms with Gasteiger partial charge in [-0.25, -0.2) is 0 Å². The van der Waals surface area contributed by atoms with Crippen LogP contribution in [-0.4, -0.2) is 0 Å². The van der Waals surface area contributed by atoms with E-state index in [0.717, 1.165) is 33.3 Å². The Morgan fingerprint density at radius 3 is 1.92 bits per heavy atom. The Bertz CT molecular complexity index is 2300. The Morgan fingerprint density at radius 1 is 0.540 bits per heavy atom. The number of nitrogens with zero attached hydrogens (tertiary/aromatic N) is 1. The van der Waals surface area contributed by atoms with Gasteiger partial charge in [-0.05, 0) is 99.0 Å². The van der Waals surface area contributed by atoms with Crippen molar-refractivity contribution in [2.45, 2.75) is 90.4 Å². The molecule has 0 aliphatic heterocycles. The van der Waals surface area contributed by atoms with Crippen LogP contribution in [0.15, 0.2) is 126 Å². The van der Waals surface area contributed by atoms with E-state index in [1.807, 2.05) is 6.07 Å². The average Bonchev–Trinajstić information content (AvgIpc) is 3.49. The number of hydrogen-bond acceptors (Lipinski definition) is 2. The van der Waals surface area contributed by atoms with E-state index in [2.05, 4.69) is 162 Å². The summed E-state index contributed by atoms with van der Waals surface area (Å²) in [6, 6.07) is 45.2. The van der Waals surface area contributed by atoms with Gasteiger partial charge < -0.3 is 9.32 Å². The fourth-order valence-electron chi connectivity index (χ4n) is 8.13. The Morgan fingerprint density at radius 2 is 1.18 bits per heavy atom. The number of anilines is 3. The van der Waals surface area contributed by atoms with Crippen molar-refractivity contribution in [2.75, 3.05) is 4.90 Å².